The van der Waals surface area contributed by atoms with E-state index in [-0.39, 0.29) is 5.78 Å². The zero-order valence-electron chi connectivity index (χ0n) is 11.4. The Morgan fingerprint density at radius 1 is 1.10 bits per heavy atom. The highest BCUT2D eigenvalue weighted by atomic mass is 35.5. The molecule has 0 aliphatic carbocycles. The van der Waals surface area contributed by atoms with Gasteiger partial charge >= 0.3 is 0 Å². The Hall–Kier alpha value is -2.07. The Morgan fingerprint density at radius 2 is 1.85 bits per heavy atom. The molecule has 0 N–H and O–H groups in total. The number of aromatic nitrogens is 1. The molecule has 0 radical (unpaired) electrons. The average Bonchev–Trinajstić information content (AvgIpc) is 2.45. The van der Waals surface area contributed by atoms with Gasteiger partial charge in [0.2, 0.25) is 0 Å². The van der Waals surface area contributed by atoms with Crippen LogP contribution >= 0.6 is 11.6 Å². The number of halogens is 1. The predicted molar refractivity (Wildman–Crippen MR) is 77.0 cm³/mol. The maximum Gasteiger partial charge on any atom is 0.194 e. The van der Waals surface area contributed by atoms with Crippen LogP contribution in [0.1, 0.15) is 21.5 Å². The summed E-state index contributed by atoms with van der Waals surface area (Å²) in [5, 5.41) is 0.329. The van der Waals surface area contributed by atoms with Gasteiger partial charge in [0.05, 0.1) is 19.2 Å². The first-order chi connectivity index (χ1) is 9.56. The van der Waals surface area contributed by atoms with Crippen molar-refractivity contribution >= 4 is 17.4 Å². The molecule has 1 heterocycles. The lowest BCUT2D eigenvalue weighted by Gasteiger charge is -2.11. The highest BCUT2D eigenvalue weighted by Crippen LogP contribution is 2.36. The molecule has 0 fully saturated rings. The van der Waals surface area contributed by atoms with Gasteiger partial charge in [-0.25, -0.2) is 0 Å². The molecule has 4 nitrogen and oxygen atoms in total. The number of ether oxygens (including phenoxy) is 2. The van der Waals surface area contributed by atoms with Gasteiger partial charge in [0, 0.05) is 23.5 Å². The lowest BCUT2D eigenvalue weighted by Crippen LogP contribution is -2.04. The molecule has 0 amide bonds. The van der Waals surface area contributed by atoms with E-state index < -0.39 is 0 Å². The molecular weight excluding hydrogens is 278 g/mol. The molecule has 0 bridgehead atoms. The van der Waals surface area contributed by atoms with Crippen molar-refractivity contribution in [3.63, 3.8) is 0 Å². The number of nitrogens with zero attached hydrogens (tertiary/aromatic N) is 1. The molecule has 104 valence electrons. The van der Waals surface area contributed by atoms with Crippen LogP contribution < -0.4 is 9.47 Å². The molecule has 2 aromatic rings. The van der Waals surface area contributed by atoms with Crippen LogP contribution in [0.2, 0.25) is 5.02 Å². The van der Waals surface area contributed by atoms with E-state index in [9.17, 15) is 4.79 Å². The van der Waals surface area contributed by atoms with Crippen molar-refractivity contribution in [2.24, 2.45) is 0 Å². The van der Waals surface area contributed by atoms with E-state index in [1.165, 1.54) is 20.4 Å². The van der Waals surface area contributed by atoms with Crippen molar-refractivity contribution in [1.82, 2.24) is 4.98 Å². The molecule has 0 spiro atoms. The minimum atomic E-state index is -0.163. The lowest BCUT2D eigenvalue weighted by atomic mass is 10.0. The summed E-state index contributed by atoms with van der Waals surface area (Å²) in [6, 6.07) is 4.95. The largest absolute Gasteiger partial charge is 0.493 e. The number of carbonyl (C=O) groups excluding carboxylic acids is 1. The molecule has 2 rings (SSSR count). The minimum absolute atomic E-state index is 0.163. The summed E-state index contributed by atoms with van der Waals surface area (Å²) in [5.74, 6) is 0.668. The van der Waals surface area contributed by atoms with Crippen molar-refractivity contribution < 1.29 is 14.3 Å². The number of ketones is 1. The van der Waals surface area contributed by atoms with Gasteiger partial charge in [0.1, 0.15) is 0 Å². The Kier molecular flexibility index (Phi) is 4.25. The fraction of sp³-hybridized carbons (Fsp3) is 0.200. The third kappa shape index (κ3) is 2.75. The molecule has 0 saturated carbocycles. The zero-order chi connectivity index (χ0) is 14.7. The molecule has 0 aliphatic heterocycles. The monoisotopic (exact) mass is 291 g/mol. The maximum atomic E-state index is 12.4. The summed E-state index contributed by atoms with van der Waals surface area (Å²) >= 11 is 6.10. The molecular formula is C15H14ClNO3. The van der Waals surface area contributed by atoms with Gasteiger partial charge in [-0.05, 0) is 30.7 Å². The van der Waals surface area contributed by atoms with E-state index in [1.807, 2.05) is 6.92 Å². The number of hydrogen-bond donors (Lipinski definition) is 0. The highest BCUT2D eigenvalue weighted by Gasteiger charge is 2.16. The normalized spacial score (nSPS) is 10.2. The van der Waals surface area contributed by atoms with Crippen molar-refractivity contribution in [2.45, 2.75) is 6.92 Å². The fourth-order valence-corrected chi connectivity index (χ4v) is 2.18. The first-order valence-electron chi connectivity index (χ1n) is 5.94. The second kappa shape index (κ2) is 5.92. The molecule has 0 saturated heterocycles. The van der Waals surface area contributed by atoms with Crippen molar-refractivity contribution in [3.05, 3.63) is 52.3 Å². The Balaban J connectivity index is 2.48. The van der Waals surface area contributed by atoms with Gasteiger partial charge < -0.3 is 9.47 Å². The Labute approximate surface area is 122 Å². The number of pyridine rings is 1. The van der Waals surface area contributed by atoms with Crippen LogP contribution in [-0.4, -0.2) is 25.0 Å². The van der Waals surface area contributed by atoms with E-state index in [0.717, 1.165) is 5.56 Å². The first kappa shape index (κ1) is 14.3. The number of benzene rings is 1. The molecule has 0 aliphatic rings. The predicted octanol–water partition coefficient (Wildman–Crippen LogP) is 3.29. The SMILES string of the molecule is COc1cc(C(=O)c2cncc(C)c2)cc(Cl)c1OC. The van der Waals surface area contributed by atoms with Crippen LogP contribution in [0.5, 0.6) is 11.5 Å². The van der Waals surface area contributed by atoms with Gasteiger partial charge in [0.25, 0.3) is 0 Å². The van der Waals surface area contributed by atoms with Gasteiger partial charge in [-0.3, -0.25) is 9.78 Å². The quantitative estimate of drug-likeness (QED) is 0.811. The summed E-state index contributed by atoms with van der Waals surface area (Å²) in [6.07, 6.45) is 3.22. The molecule has 0 atom stereocenters. The maximum absolute atomic E-state index is 12.4. The Morgan fingerprint density at radius 3 is 2.45 bits per heavy atom. The third-order valence-corrected chi connectivity index (χ3v) is 3.11. The second-order valence-electron chi connectivity index (χ2n) is 4.27. The summed E-state index contributed by atoms with van der Waals surface area (Å²) < 4.78 is 10.3. The van der Waals surface area contributed by atoms with E-state index in [0.29, 0.717) is 27.6 Å². The van der Waals surface area contributed by atoms with Crippen LogP contribution in [-0.2, 0) is 0 Å². The summed E-state index contributed by atoms with van der Waals surface area (Å²) in [6.45, 7) is 1.88. The topological polar surface area (TPSA) is 48.4 Å². The highest BCUT2D eigenvalue weighted by molar-refractivity contribution is 6.33. The molecule has 1 aromatic carbocycles. The van der Waals surface area contributed by atoms with E-state index >= 15 is 0 Å². The van der Waals surface area contributed by atoms with Gasteiger partial charge in [-0.1, -0.05) is 11.6 Å². The van der Waals surface area contributed by atoms with E-state index in [1.54, 1.807) is 24.4 Å². The number of hydrogen-bond acceptors (Lipinski definition) is 4. The van der Waals surface area contributed by atoms with Gasteiger partial charge in [0.15, 0.2) is 17.3 Å². The second-order valence-corrected chi connectivity index (χ2v) is 4.68. The van der Waals surface area contributed by atoms with Crippen LogP contribution in [0.25, 0.3) is 0 Å². The van der Waals surface area contributed by atoms with E-state index in [4.69, 9.17) is 21.1 Å². The molecule has 1 aromatic heterocycles. The minimum Gasteiger partial charge on any atom is -0.493 e. The standard InChI is InChI=1S/C15H14ClNO3/c1-9-4-11(8-17-7-9)14(18)10-5-12(16)15(20-3)13(6-10)19-2/h4-8H,1-3H3. The van der Waals surface area contributed by atoms with Crippen LogP contribution in [0.3, 0.4) is 0 Å². The third-order valence-electron chi connectivity index (χ3n) is 2.83. The van der Waals surface area contributed by atoms with Gasteiger partial charge in [-0.15, -0.1) is 0 Å². The lowest BCUT2D eigenvalue weighted by molar-refractivity contribution is 0.103. The summed E-state index contributed by atoms with van der Waals surface area (Å²) in [7, 11) is 2.99. The van der Waals surface area contributed by atoms with E-state index in [2.05, 4.69) is 4.98 Å². The van der Waals surface area contributed by atoms with Crippen molar-refractivity contribution in [2.75, 3.05) is 14.2 Å². The summed E-state index contributed by atoms with van der Waals surface area (Å²) in [5.41, 5.74) is 1.86. The zero-order valence-corrected chi connectivity index (χ0v) is 12.2. The van der Waals surface area contributed by atoms with Crippen LogP contribution in [0, 0.1) is 6.92 Å². The van der Waals surface area contributed by atoms with Crippen molar-refractivity contribution in [3.8, 4) is 11.5 Å². The number of carbonyl (C=O) groups is 1. The number of aryl methyl sites for hydroxylation is 1. The van der Waals surface area contributed by atoms with Crippen LogP contribution in [0.4, 0.5) is 0 Å². The number of methoxy groups -OCH3 is 2. The smallest absolute Gasteiger partial charge is 0.194 e. The number of rotatable bonds is 4. The van der Waals surface area contributed by atoms with Gasteiger partial charge in [-0.2, -0.15) is 0 Å². The Bertz CT molecular complexity index is 656. The summed E-state index contributed by atoms with van der Waals surface area (Å²) in [4.78, 5) is 16.4. The molecule has 5 heteroatoms. The fourth-order valence-electron chi connectivity index (χ4n) is 1.89. The first-order valence-corrected chi connectivity index (χ1v) is 6.32. The molecule has 0 unspecified atom stereocenters. The van der Waals surface area contributed by atoms with Crippen molar-refractivity contribution in [1.29, 1.82) is 0 Å². The molecule has 20 heavy (non-hydrogen) atoms. The van der Waals surface area contributed by atoms with Crippen LogP contribution in [0.15, 0.2) is 30.6 Å². The average molecular weight is 292 g/mol.